The smallest absolute Gasteiger partial charge is 0.00248 e. The van der Waals surface area contributed by atoms with Gasteiger partial charge in [0.2, 0.25) is 0 Å². The van der Waals surface area contributed by atoms with E-state index in [0.29, 0.717) is 0 Å². The minimum absolute atomic E-state index is 0. The van der Waals surface area contributed by atoms with Gasteiger partial charge in [0.1, 0.15) is 0 Å². The van der Waals surface area contributed by atoms with Gasteiger partial charge in [-0.1, -0.05) is 26.2 Å². The van der Waals surface area contributed by atoms with Gasteiger partial charge in [-0.15, -0.1) is 0 Å². The zero-order valence-corrected chi connectivity index (χ0v) is 7.48. The summed E-state index contributed by atoms with van der Waals surface area (Å²) in [5, 5.41) is 0. The Hall–Kier alpha value is -0.0800. The molecule has 0 spiro atoms. The summed E-state index contributed by atoms with van der Waals surface area (Å²) in [6, 6.07) is 0. The van der Waals surface area contributed by atoms with Gasteiger partial charge in [0.15, 0.2) is 0 Å². The molecule has 0 fully saturated rings. The molecule has 0 bridgehead atoms. The van der Waals surface area contributed by atoms with E-state index >= 15 is 0 Å². The highest BCUT2D eigenvalue weighted by Crippen LogP contribution is 1.98. The van der Waals surface area contributed by atoms with Gasteiger partial charge in [-0.3, -0.25) is 0 Å². The van der Waals surface area contributed by atoms with Crippen LogP contribution in [-0.2, 0) is 0 Å². The van der Waals surface area contributed by atoms with E-state index in [1.165, 1.54) is 32.2 Å². The molecular formula is C8H21NO. The zero-order chi connectivity index (χ0) is 7.11. The van der Waals surface area contributed by atoms with E-state index in [-0.39, 0.29) is 5.48 Å². The van der Waals surface area contributed by atoms with Gasteiger partial charge in [-0.25, -0.2) is 0 Å². The van der Waals surface area contributed by atoms with E-state index in [2.05, 4.69) is 25.9 Å². The van der Waals surface area contributed by atoms with Crippen LogP contribution in [0.2, 0.25) is 0 Å². The number of unbranched alkanes of at least 4 members (excludes halogenated alkanes) is 3. The van der Waals surface area contributed by atoms with Gasteiger partial charge >= 0.3 is 0 Å². The van der Waals surface area contributed by atoms with Crippen molar-refractivity contribution in [3.63, 3.8) is 0 Å². The van der Waals surface area contributed by atoms with Crippen LogP contribution in [0.1, 0.15) is 32.6 Å². The van der Waals surface area contributed by atoms with E-state index in [4.69, 9.17) is 0 Å². The molecule has 0 atom stereocenters. The van der Waals surface area contributed by atoms with Crippen molar-refractivity contribution in [3.8, 4) is 0 Å². The molecular weight excluding hydrogens is 126 g/mol. The van der Waals surface area contributed by atoms with Crippen molar-refractivity contribution in [2.45, 2.75) is 32.6 Å². The molecule has 64 valence electrons. The van der Waals surface area contributed by atoms with Crippen molar-refractivity contribution in [1.82, 2.24) is 4.90 Å². The van der Waals surface area contributed by atoms with Crippen molar-refractivity contribution in [2.75, 3.05) is 20.6 Å². The van der Waals surface area contributed by atoms with Crippen molar-refractivity contribution in [2.24, 2.45) is 0 Å². The molecule has 0 radical (unpaired) electrons. The summed E-state index contributed by atoms with van der Waals surface area (Å²) >= 11 is 0. The largest absolute Gasteiger partial charge is 0.412 e. The Labute approximate surface area is 64.5 Å². The van der Waals surface area contributed by atoms with Crippen LogP contribution in [0, 0.1) is 0 Å². The minimum atomic E-state index is 0. The zero-order valence-electron chi connectivity index (χ0n) is 7.48. The fourth-order valence-electron chi connectivity index (χ4n) is 0.855. The van der Waals surface area contributed by atoms with Gasteiger partial charge in [0.25, 0.3) is 0 Å². The van der Waals surface area contributed by atoms with Crippen molar-refractivity contribution < 1.29 is 5.48 Å². The van der Waals surface area contributed by atoms with Gasteiger partial charge in [0, 0.05) is 0 Å². The lowest BCUT2D eigenvalue weighted by atomic mass is 10.2. The molecule has 0 saturated heterocycles. The van der Waals surface area contributed by atoms with Gasteiger partial charge < -0.3 is 10.4 Å². The van der Waals surface area contributed by atoms with E-state index in [1.54, 1.807) is 0 Å². The molecule has 0 aromatic rings. The molecule has 10 heavy (non-hydrogen) atoms. The van der Waals surface area contributed by atoms with Crippen molar-refractivity contribution in [3.05, 3.63) is 0 Å². The number of hydrogen-bond donors (Lipinski definition) is 0. The normalized spacial score (nSPS) is 9.60. The first kappa shape index (κ1) is 12.6. The Kier molecular flexibility index (Phi) is 11.2. The molecule has 0 aliphatic carbocycles. The summed E-state index contributed by atoms with van der Waals surface area (Å²) in [6.07, 6.45) is 5.50. The lowest BCUT2D eigenvalue weighted by molar-refractivity contribution is 0.391. The summed E-state index contributed by atoms with van der Waals surface area (Å²) in [5.74, 6) is 0. The Morgan fingerprint density at radius 1 is 1.00 bits per heavy atom. The third-order valence-corrected chi connectivity index (χ3v) is 1.46. The summed E-state index contributed by atoms with van der Waals surface area (Å²) in [5.41, 5.74) is 0. The van der Waals surface area contributed by atoms with E-state index in [0.717, 1.165) is 0 Å². The fraction of sp³-hybridized carbons (Fsp3) is 1.00. The van der Waals surface area contributed by atoms with E-state index in [9.17, 15) is 0 Å². The average molecular weight is 147 g/mol. The molecule has 0 aromatic heterocycles. The van der Waals surface area contributed by atoms with E-state index < -0.39 is 0 Å². The molecule has 0 heterocycles. The maximum Gasteiger partial charge on any atom is -0.00248 e. The highest BCUT2D eigenvalue weighted by atomic mass is 16.0. The van der Waals surface area contributed by atoms with Crippen LogP contribution in [0.5, 0.6) is 0 Å². The van der Waals surface area contributed by atoms with E-state index in [1.807, 2.05) is 0 Å². The molecule has 0 aliphatic heterocycles. The molecule has 0 unspecified atom stereocenters. The summed E-state index contributed by atoms with van der Waals surface area (Å²) in [6.45, 7) is 3.50. The molecule has 0 amide bonds. The lowest BCUT2D eigenvalue weighted by Gasteiger charge is -2.07. The highest BCUT2D eigenvalue weighted by Gasteiger charge is 1.88. The van der Waals surface area contributed by atoms with Crippen LogP contribution in [0.25, 0.3) is 0 Å². The minimum Gasteiger partial charge on any atom is -0.412 e. The van der Waals surface area contributed by atoms with Crippen LogP contribution in [0.4, 0.5) is 0 Å². The standard InChI is InChI=1S/C8H19N.H2O/c1-4-5-6-7-8-9(2)3;/h4-8H2,1-3H3;1H2. The van der Waals surface area contributed by atoms with Crippen LogP contribution < -0.4 is 0 Å². The first-order valence-corrected chi connectivity index (χ1v) is 3.92. The number of hydrogen-bond acceptors (Lipinski definition) is 1. The molecule has 2 nitrogen and oxygen atoms in total. The number of rotatable bonds is 5. The molecule has 0 saturated carbocycles. The third-order valence-electron chi connectivity index (χ3n) is 1.46. The molecule has 2 heteroatoms. The second kappa shape index (κ2) is 8.92. The SMILES string of the molecule is CCCCCCN(C)C.O. The number of nitrogens with zero attached hydrogens (tertiary/aromatic N) is 1. The maximum atomic E-state index is 2.25. The third kappa shape index (κ3) is 10.8. The topological polar surface area (TPSA) is 34.7 Å². The molecule has 2 N–H and O–H groups in total. The molecule has 0 rings (SSSR count). The fourth-order valence-corrected chi connectivity index (χ4v) is 0.855. The summed E-state index contributed by atoms with van der Waals surface area (Å²) in [4.78, 5) is 2.25. The summed E-state index contributed by atoms with van der Waals surface area (Å²) < 4.78 is 0. The van der Waals surface area contributed by atoms with Crippen LogP contribution >= 0.6 is 0 Å². The Morgan fingerprint density at radius 3 is 2.00 bits per heavy atom. The Morgan fingerprint density at radius 2 is 1.60 bits per heavy atom. The predicted octanol–water partition coefficient (Wildman–Crippen LogP) is 1.30. The Bertz CT molecular complexity index is 55.2. The van der Waals surface area contributed by atoms with Crippen LogP contribution in [0.15, 0.2) is 0 Å². The first-order valence-electron chi connectivity index (χ1n) is 3.92. The van der Waals surface area contributed by atoms with Gasteiger partial charge in [-0.05, 0) is 27.1 Å². The Balaban J connectivity index is 0. The van der Waals surface area contributed by atoms with Gasteiger partial charge in [0.05, 0.1) is 0 Å². The summed E-state index contributed by atoms with van der Waals surface area (Å²) in [7, 11) is 4.26. The monoisotopic (exact) mass is 147 g/mol. The van der Waals surface area contributed by atoms with Gasteiger partial charge in [-0.2, -0.15) is 0 Å². The van der Waals surface area contributed by atoms with Crippen molar-refractivity contribution in [1.29, 1.82) is 0 Å². The average Bonchev–Trinajstić information content (AvgIpc) is 1.80. The second-order valence-corrected chi connectivity index (χ2v) is 2.86. The quantitative estimate of drug-likeness (QED) is 0.540. The molecule has 0 aliphatic rings. The predicted molar refractivity (Wildman–Crippen MR) is 46.3 cm³/mol. The second-order valence-electron chi connectivity index (χ2n) is 2.86. The highest BCUT2D eigenvalue weighted by molar-refractivity contribution is 4.44. The van der Waals surface area contributed by atoms with Crippen molar-refractivity contribution >= 4 is 0 Å². The first-order chi connectivity index (χ1) is 4.27. The maximum absolute atomic E-state index is 2.25. The lowest BCUT2D eigenvalue weighted by Crippen LogP contribution is -2.12. The van der Waals surface area contributed by atoms with Crippen LogP contribution in [0.3, 0.4) is 0 Å². The van der Waals surface area contributed by atoms with Crippen LogP contribution in [-0.4, -0.2) is 31.0 Å². The molecule has 0 aromatic carbocycles.